The van der Waals surface area contributed by atoms with Crippen LogP contribution < -0.4 is 9.47 Å². The number of benzene rings is 1. The molecule has 146 valence electrons. The molecule has 1 amide bonds. The van der Waals surface area contributed by atoms with Crippen LogP contribution in [0.1, 0.15) is 37.3 Å². The minimum Gasteiger partial charge on any atom is -0.486 e. The van der Waals surface area contributed by atoms with E-state index in [1.54, 1.807) is 18.2 Å². The Hall–Kier alpha value is -2.28. The van der Waals surface area contributed by atoms with Crippen LogP contribution in [0.5, 0.6) is 11.5 Å². The van der Waals surface area contributed by atoms with Crippen LogP contribution in [-0.2, 0) is 9.59 Å². The van der Waals surface area contributed by atoms with Crippen molar-refractivity contribution in [3.63, 3.8) is 0 Å². The molecular weight excluding hydrogens is 348 g/mol. The molecule has 0 spiro atoms. The maximum absolute atomic E-state index is 12.6. The monoisotopic (exact) mass is 374 g/mol. The summed E-state index contributed by atoms with van der Waals surface area (Å²) in [5.41, 5.74) is 0.691. The zero-order valence-electron chi connectivity index (χ0n) is 15.4. The molecule has 0 aromatic heterocycles. The van der Waals surface area contributed by atoms with Gasteiger partial charge in [0.25, 0.3) is 0 Å². The second-order valence-electron chi connectivity index (χ2n) is 7.49. The van der Waals surface area contributed by atoms with Gasteiger partial charge in [0, 0.05) is 32.1 Å². The van der Waals surface area contributed by atoms with E-state index in [1.807, 2.05) is 9.80 Å². The van der Waals surface area contributed by atoms with Gasteiger partial charge in [-0.2, -0.15) is 0 Å². The second-order valence-corrected chi connectivity index (χ2v) is 7.49. The fourth-order valence-corrected chi connectivity index (χ4v) is 4.34. The molecule has 0 saturated carbocycles. The van der Waals surface area contributed by atoms with Gasteiger partial charge in [0.15, 0.2) is 11.5 Å². The van der Waals surface area contributed by atoms with E-state index in [4.69, 9.17) is 9.47 Å². The quantitative estimate of drug-likeness (QED) is 0.867. The summed E-state index contributed by atoms with van der Waals surface area (Å²) in [5, 5.41) is 9.84. The van der Waals surface area contributed by atoms with Crippen LogP contribution >= 0.6 is 0 Å². The number of carboxylic acids is 1. The van der Waals surface area contributed by atoms with Gasteiger partial charge in [-0.05, 0) is 43.4 Å². The molecule has 0 radical (unpaired) electrons. The highest BCUT2D eigenvalue weighted by atomic mass is 16.6. The molecule has 3 aliphatic rings. The van der Waals surface area contributed by atoms with Gasteiger partial charge in [-0.15, -0.1) is 0 Å². The lowest BCUT2D eigenvalue weighted by atomic mass is 9.93. The Kier molecular flexibility index (Phi) is 5.20. The van der Waals surface area contributed by atoms with Gasteiger partial charge in [-0.3, -0.25) is 14.5 Å². The number of piperidine rings is 1. The third-order valence-electron chi connectivity index (χ3n) is 5.78. The van der Waals surface area contributed by atoms with Crippen LogP contribution in [0.15, 0.2) is 18.2 Å². The number of carbonyl (C=O) groups is 2. The molecule has 0 bridgehead atoms. The van der Waals surface area contributed by atoms with Gasteiger partial charge >= 0.3 is 5.97 Å². The summed E-state index contributed by atoms with van der Waals surface area (Å²) in [6.45, 7) is 3.93. The first kappa shape index (κ1) is 18.1. The second kappa shape index (κ2) is 7.76. The molecule has 27 heavy (non-hydrogen) atoms. The predicted molar refractivity (Wildman–Crippen MR) is 97.9 cm³/mol. The molecule has 7 nitrogen and oxygen atoms in total. The molecule has 0 unspecified atom stereocenters. The van der Waals surface area contributed by atoms with Crippen molar-refractivity contribution in [1.29, 1.82) is 0 Å². The molecule has 1 N–H and O–H groups in total. The lowest BCUT2D eigenvalue weighted by molar-refractivity contribution is -0.144. The van der Waals surface area contributed by atoms with Crippen molar-refractivity contribution in [2.24, 2.45) is 5.92 Å². The smallest absolute Gasteiger partial charge is 0.325 e. The lowest BCUT2D eigenvalue weighted by Crippen LogP contribution is -2.44. The molecule has 4 rings (SSSR count). The van der Waals surface area contributed by atoms with Crippen molar-refractivity contribution in [2.45, 2.75) is 31.7 Å². The number of hydrogen-bond acceptors (Lipinski definition) is 5. The number of amides is 1. The van der Waals surface area contributed by atoms with E-state index < -0.39 is 12.0 Å². The van der Waals surface area contributed by atoms with Gasteiger partial charge in [0.05, 0.1) is 0 Å². The SMILES string of the molecule is O=C(O)[C@H](c1ccc2c(c1)OCCO2)N1CCC(C(=O)N2CCCC2)CC1. The summed E-state index contributed by atoms with van der Waals surface area (Å²) >= 11 is 0. The molecule has 2 saturated heterocycles. The standard InChI is InChI=1S/C20H26N2O5/c23-19(22-7-1-2-8-22)14-5-9-21(10-6-14)18(20(24)25)15-3-4-16-17(13-15)27-12-11-26-16/h3-4,13-14,18H,1-2,5-12H2,(H,24,25)/t18-/m0/s1. The first-order valence-electron chi connectivity index (χ1n) is 9.78. The third kappa shape index (κ3) is 3.74. The van der Waals surface area contributed by atoms with E-state index in [0.29, 0.717) is 56.2 Å². The number of carboxylic acid groups (broad SMARTS) is 1. The van der Waals surface area contributed by atoms with Gasteiger partial charge in [0.1, 0.15) is 19.3 Å². The summed E-state index contributed by atoms with van der Waals surface area (Å²) in [4.78, 5) is 28.5. The Balaban J connectivity index is 1.44. The molecule has 3 heterocycles. The van der Waals surface area contributed by atoms with Crippen LogP contribution in [0.25, 0.3) is 0 Å². The Bertz CT molecular complexity index is 708. The van der Waals surface area contributed by atoms with Crippen molar-refractivity contribution < 1.29 is 24.2 Å². The number of likely N-dealkylation sites (tertiary alicyclic amines) is 2. The van der Waals surface area contributed by atoms with E-state index in [9.17, 15) is 14.7 Å². The number of rotatable bonds is 4. The number of carbonyl (C=O) groups excluding carboxylic acids is 1. The highest BCUT2D eigenvalue weighted by Crippen LogP contribution is 2.35. The van der Waals surface area contributed by atoms with Crippen LogP contribution in [0, 0.1) is 5.92 Å². The Labute approximate surface area is 158 Å². The minimum absolute atomic E-state index is 0.0223. The maximum Gasteiger partial charge on any atom is 0.325 e. The summed E-state index contributed by atoms with van der Waals surface area (Å²) in [5.74, 6) is 0.650. The molecule has 2 fully saturated rings. The normalized spacial score (nSPS) is 21.9. The molecule has 3 aliphatic heterocycles. The van der Waals surface area contributed by atoms with Crippen molar-refractivity contribution in [3.05, 3.63) is 23.8 Å². The van der Waals surface area contributed by atoms with Gasteiger partial charge < -0.3 is 19.5 Å². The number of aliphatic carboxylic acids is 1. The molecule has 1 atom stereocenters. The fraction of sp³-hybridized carbons (Fsp3) is 0.600. The van der Waals surface area contributed by atoms with Crippen LogP contribution in [0.3, 0.4) is 0 Å². The van der Waals surface area contributed by atoms with Gasteiger partial charge in [-0.1, -0.05) is 6.07 Å². The largest absolute Gasteiger partial charge is 0.486 e. The van der Waals surface area contributed by atoms with Crippen molar-refractivity contribution >= 4 is 11.9 Å². The van der Waals surface area contributed by atoms with E-state index in [-0.39, 0.29) is 11.8 Å². The first-order valence-corrected chi connectivity index (χ1v) is 9.78. The Morgan fingerprint density at radius 1 is 1.00 bits per heavy atom. The van der Waals surface area contributed by atoms with Crippen LogP contribution in [0.4, 0.5) is 0 Å². The zero-order valence-corrected chi connectivity index (χ0v) is 15.4. The predicted octanol–water partition coefficient (Wildman–Crippen LogP) is 1.92. The highest BCUT2D eigenvalue weighted by Gasteiger charge is 2.35. The number of fused-ring (bicyclic) bond motifs is 1. The molecule has 7 heteroatoms. The number of nitrogens with zero attached hydrogens (tertiary/aromatic N) is 2. The minimum atomic E-state index is -0.879. The number of hydrogen-bond donors (Lipinski definition) is 1. The Morgan fingerprint density at radius 3 is 2.33 bits per heavy atom. The average molecular weight is 374 g/mol. The van der Waals surface area contributed by atoms with E-state index >= 15 is 0 Å². The van der Waals surface area contributed by atoms with Crippen molar-refractivity contribution in [3.8, 4) is 11.5 Å². The van der Waals surface area contributed by atoms with Crippen molar-refractivity contribution in [2.75, 3.05) is 39.4 Å². The topological polar surface area (TPSA) is 79.3 Å². The Morgan fingerprint density at radius 2 is 1.67 bits per heavy atom. The summed E-state index contributed by atoms with van der Waals surface area (Å²) in [6, 6.07) is 4.62. The zero-order chi connectivity index (χ0) is 18.8. The molecule has 1 aromatic rings. The molecular formula is C20H26N2O5. The highest BCUT2D eigenvalue weighted by molar-refractivity contribution is 5.79. The van der Waals surface area contributed by atoms with Gasteiger partial charge in [0.2, 0.25) is 5.91 Å². The van der Waals surface area contributed by atoms with Crippen LogP contribution in [0.2, 0.25) is 0 Å². The summed E-state index contributed by atoms with van der Waals surface area (Å²) in [6.07, 6.45) is 3.61. The van der Waals surface area contributed by atoms with Crippen LogP contribution in [-0.4, -0.2) is 66.2 Å². The molecule has 1 aromatic carbocycles. The third-order valence-corrected chi connectivity index (χ3v) is 5.78. The van der Waals surface area contributed by atoms with E-state index in [2.05, 4.69) is 0 Å². The maximum atomic E-state index is 12.6. The van der Waals surface area contributed by atoms with Crippen molar-refractivity contribution in [1.82, 2.24) is 9.80 Å². The lowest BCUT2D eigenvalue weighted by Gasteiger charge is -2.36. The molecule has 0 aliphatic carbocycles. The average Bonchev–Trinajstić information content (AvgIpc) is 3.22. The van der Waals surface area contributed by atoms with Gasteiger partial charge in [-0.25, -0.2) is 0 Å². The van der Waals surface area contributed by atoms with E-state index in [0.717, 1.165) is 25.9 Å². The fourth-order valence-electron chi connectivity index (χ4n) is 4.34. The number of ether oxygens (including phenoxy) is 2. The summed E-state index contributed by atoms with van der Waals surface area (Å²) in [7, 11) is 0. The first-order chi connectivity index (χ1) is 13.1. The van der Waals surface area contributed by atoms with E-state index in [1.165, 1.54) is 0 Å². The summed E-state index contributed by atoms with van der Waals surface area (Å²) < 4.78 is 11.1.